The first-order chi connectivity index (χ1) is 12.3. The van der Waals surface area contributed by atoms with E-state index in [1.807, 2.05) is 13.8 Å². The smallest absolute Gasteiger partial charge is 0.261 e. The van der Waals surface area contributed by atoms with Gasteiger partial charge in [-0.2, -0.15) is 0 Å². The molecule has 0 unspecified atom stereocenters. The molecule has 0 aliphatic rings. The van der Waals surface area contributed by atoms with Crippen molar-refractivity contribution in [3.63, 3.8) is 0 Å². The highest BCUT2D eigenvalue weighted by atomic mass is 32.2. The summed E-state index contributed by atoms with van der Waals surface area (Å²) in [5, 5.41) is 5.62. The SMILES string of the molecule is CC(C)CC(=O)NC(=S)Nc1ccc(S(=O)(=O)Nc2ccccc2)cc1. The number of para-hydroxylation sites is 1. The molecule has 0 saturated carbocycles. The van der Waals surface area contributed by atoms with Crippen molar-refractivity contribution >= 4 is 44.6 Å². The van der Waals surface area contributed by atoms with Crippen LogP contribution >= 0.6 is 12.2 Å². The van der Waals surface area contributed by atoms with Gasteiger partial charge in [-0.15, -0.1) is 0 Å². The van der Waals surface area contributed by atoms with Crippen LogP contribution in [0.4, 0.5) is 11.4 Å². The van der Waals surface area contributed by atoms with Crippen LogP contribution in [0.25, 0.3) is 0 Å². The summed E-state index contributed by atoms with van der Waals surface area (Å²) >= 11 is 5.08. The average molecular weight is 392 g/mol. The number of carbonyl (C=O) groups excluding carboxylic acids is 1. The normalized spacial score (nSPS) is 11.0. The molecule has 3 N–H and O–H groups in total. The quantitative estimate of drug-likeness (QED) is 0.658. The number of rotatable bonds is 6. The van der Waals surface area contributed by atoms with Crippen molar-refractivity contribution in [1.29, 1.82) is 0 Å². The Labute approximate surface area is 159 Å². The maximum absolute atomic E-state index is 12.4. The lowest BCUT2D eigenvalue weighted by atomic mass is 10.1. The fraction of sp³-hybridized carbons (Fsp3) is 0.222. The zero-order chi connectivity index (χ0) is 19.2. The molecule has 0 heterocycles. The van der Waals surface area contributed by atoms with Crippen LogP contribution in [-0.2, 0) is 14.8 Å². The third-order valence-corrected chi connectivity index (χ3v) is 4.90. The van der Waals surface area contributed by atoms with Crippen LogP contribution in [0.3, 0.4) is 0 Å². The molecule has 0 atom stereocenters. The molecule has 138 valence electrons. The number of hydrogen-bond donors (Lipinski definition) is 3. The summed E-state index contributed by atoms with van der Waals surface area (Å²) in [5.41, 5.74) is 1.07. The molecule has 2 rings (SSSR count). The highest BCUT2D eigenvalue weighted by Crippen LogP contribution is 2.18. The molecule has 0 aliphatic heterocycles. The zero-order valence-corrected chi connectivity index (χ0v) is 16.2. The Bertz CT molecular complexity index is 864. The molecule has 0 fully saturated rings. The van der Waals surface area contributed by atoms with E-state index in [2.05, 4.69) is 15.4 Å². The maximum atomic E-state index is 12.4. The molecule has 0 spiro atoms. The van der Waals surface area contributed by atoms with E-state index in [9.17, 15) is 13.2 Å². The van der Waals surface area contributed by atoms with Crippen LogP contribution in [-0.4, -0.2) is 19.4 Å². The molecule has 6 nitrogen and oxygen atoms in total. The van der Waals surface area contributed by atoms with E-state index in [1.165, 1.54) is 12.1 Å². The van der Waals surface area contributed by atoms with E-state index in [4.69, 9.17) is 12.2 Å². The van der Waals surface area contributed by atoms with Gasteiger partial charge in [0, 0.05) is 17.8 Å². The molecular formula is C18H21N3O3S2. The van der Waals surface area contributed by atoms with E-state index < -0.39 is 10.0 Å². The minimum atomic E-state index is -3.67. The average Bonchev–Trinajstić information content (AvgIpc) is 2.54. The van der Waals surface area contributed by atoms with Gasteiger partial charge in [-0.1, -0.05) is 32.0 Å². The molecule has 0 aromatic heterocycles. The summed E-state index contributed by atoms with van der Waals surface area (Å²) in [4.78, 5) is 11.8. The van der Waals surface area contributed by atoms with Gasteiger partial charge in [0.25, 0.3) is 10.0 Å². The second-order valence-corrected chi connectivity index (χ2v) is 8.19. The van der Waals surface area contributed by atoms with Gasteiger partial charge in [0.05, 0.1) is 4.90 Å². The van der Waals surface area contributed by atoms with E-state index in [1.54, 1.807) is 42.5 Å². The minimum absolute atomic E-state index is 0.127. The van der Waals surface area contributed by atoms with E-state index >= 15 is 0 Å². The molecule has 0 saturated heterocycles. The molecule has 0 aliphatic carbocycles. The predicted molar refractivity (Wildman–Crippen MR) is 108 cm³/mol. The first-order valence-corrected chi connectivity index (χ1v) is 9.94. The van der Waals surface area contributed by atoms with Crippen molar-refractivity contribution in [3.05, 3.63) is 54.6 Å². The molecule has 2 aromatic carbocycles. The van der Waals surface area contributed by atoms with Crippen molar-refractivity contribution in [2.75, 3.05) is 10.0 Å². The predicted octanol–water partition coefficient (Wildman–Crippen LogP) is 3.35. The van der Waals surface area contributed by atoms with Gasteiger partial charge in [-0.05, 0) is 54.5 Å². The fourth-order valence-electron chi connectivity index (χ4n) is 2.15. The lowest BCUT2D eigenvalue weighted by molar-refractivity contribution is -0.120. The number of benzene rings is 2. The van der Waals surface area contributed by atoms with Crippen molar-refractivity contribution < 1.29 is 13.2 Å². The van der Waals surface area contributed by atoms with E-state index in [0.717, 1.165) is 0 Å². The van der Waals surface area contributed by atoms with Crippen molar-refractivity contribution in [1.82, 2.24) is 5.32 Å². The van der Waals surface area contributed by atoms with Gasteiger partial charge >= 0.3 is 0 Å². The zero-order valence-electron chi connectivity index (χ0n) is 14.5. The fourth-order valence-corrected chi connectivity index (χ4v) is 3.44. The van der Waals surface area contributed by atoms with Gasteiger partial charge in [0.2, 0.25) is 5.91 Å². The summed E-state index contributed by atoms with van der Waals surface area (Å²) in [6, 6.07) is 14.7. The van der Waals surface area contributed by atoms with Crippen LogP contribution in [0.15, 0.2) is 59.5 Å². The number of nitrogens with one attached hydrogen (secondary N) is 3. The number of amides is 1. The summed E-state index contributed by atoms with van der Waals surface area (Å²) < 4.78 is 27.2. The highest BCUT2D eigenvalue weighted by molar-refractivity contribution is 7.92. The monoisotopic (exact) mass is 391 g/mol. The Kier molecular flexibility index (Phi) is 6.70. The van der Waals surface area contributed by atoms with Crippen molar-refractivity contribution in [2.24, 2.45) is 5.92 Å². The number of thiocarbonyl (C=S) groups is 1. The van der Waals surface area contributed by atoms with E-state index in [-0.39, 0.29) is 21.8 Å². The summed E-state index contributed by atoms with van der Waals surface area (Å²) in [7, 11) is -3.67. The summed E-state index contributed by atoms with van der Waals surface area (Å²) in [6.07, 6.45) is 0.379. The topological polar surface area (TPSA) is 87.3 Å². The van der Waals surface area contributed by atoms with Gasteiger partial charge in [-0.3, -0.25) is 9.52 Å². The first-order valence-electron chi connectivity index (χ1n) is 8.05. The molecule has 8 heteroatoms. The molecule has 0 radical (unpaired) electrons. The second-order valence-electron chi connectivity index (χ2n) is 6.10. The first kappa shape index (κ1) is 19.9. The Morgan fingerprint density at radius 3 is 2.19 bits per heavy atom. The molecule has 0 bridgehead atoms. The van der Waals surface area contributed by atoms with Crippen LogP contribution in [0.1, 0.15) is 20.3 Å². The number of carbonyl (C=O) groups is 1. The second kappa shape index (κ2) is 8.77. The van der Waals surface area contributed by atoms with Crippen LogP contribution in [0.5, 0.6) is 0 Å². The minimum Gasteiger partial charge on any atom is -0.332 e. The molecule has 2 aromatic rings. The number of sulfonamides is 1. The lowest BCUT2D eigenvalue weighted by Crippen LogP contribution is -2.34. The molecule has 26 heavy (non-hydrogen) atoms. The Balaban J connectivity index is 1.99. The third kappa shape index (κ3) is 6.12. The van der Waals surface area contributed by atoms with Crippen LogP contribution < -0.4 is 15.4 Å². The van der Waals surface area contributed by atoms with Gasteiger partial charge in [0.15, 0.2) is 5.11 Å². The van der Waals surface area contributed by atoms with Gasteiger partial charge in [0.1, 0.15) is 0 Å². The summed E-state index contributed by atoms with van der Waals surface area (Å²) in [5.74, 6) is 0.0724. The highest BCUT2D eigenvalue weighted by Gasteiger charge is 2.14. The Morgan fingerprint density at radius 2 is 1.62 bits per heavy atom. The van der Waals surface area contributed by atoms with Gasteiger partial charge in [-0.25, -0.2) is 8.42 Å². The van der Waals surface area contributed by atoms with E-state index in [0.29, 0.717) is 17.8 Å². The third-order valence-electron chi connectivity index (χ3n) is 3.30. The lowest BCUT2D eigenvalue weighted by Gasteiger charge is -2.12. The number of anilines is 2. The summed E-state index contributed by atoms with van der Waals surface area (Å²) in [6.45, 7) is 3.89. The maximum Gasteiger partial charge on any atom is 0.261 e. The number of hydrogen-bond acceptors (Lipinski definition) is 4. The van der Waals surface area contributed by atoms with Gasteiger partial charge < -0.3 is 10.6 Å². The Hall–Kier alpha value is -2.45. The Morgan fingerprint density at radius 1 is 1.00 bits per heavy atom. The standard InChI is InChI=1S/C18H21N3O3S2/c1-13(2)12-17(22)20-18(25)19-14-8-10-16(11-9-14)26(23,24)21-15-6-4-3-5-7-15/h3-11,13,21H,12H2,1-2H3,(H2,19,20,22,25). The van der Waals surface area contributed by atoms with Crippen molar-refractivity contribution in [2.45, 2.75) is 25.2 Å². The van der Waals surface area contributed by atoms with Crippen LogP contribution in [0.2, 0.25) is 0 Å². The molecule has 1 amide bonds. The van der Waals surface area contributed by atoms with Crippen molar-refractivity contribution in [3.8, 4) is 0 Å². The largest absolute Gasteiger partial charge is 0.332 e. The van der Waals surface area contributed by atoms with Crippen LogP contribution in [0, 0.1) is 5.92 Å². The molecular weight excluding hydrogens is 370 g/mol.